The second-order valence-electron chi connectivity index (χ2n) is 5.74. The Labute approximate surface area is 158 Å². The second-order valence-corrected chi connectivity index (χ2v) is 6.82. The van der Waals surface area contributed by atoms with Crippen LogP contribution in [0.3, 0.4) is 0 Å². The van der Waals surface area contributed by atoms with E-state index in [-0.39, 0.29) is 12.4 Å². The summed E-state index contributed by atoms with van der Waals surface area (Å²) in [7, 11) is 2.02. The minimum absolute atomic E-state index is 0. The van der Waals surface area contributed by atoms with Crippen molar-refractivity contribution in [2.75, 3.05) is 7.05 Å². The number of nitrogens with one attached hydrogen (secondary N) is 1. The molecule has 0 aromatic heterocycles. The maximum atomic E-state index is 6.20. The summed E-state index contributed by atoms with van der Waals surface area (Å²) < 4.78 is 0. The van der Waals surface area contributed by atoms with E-state index in [2.05, 4.69) is 29.6 Å². The lowest BCUT2D eigenvalue weighted by molar-refractivity contribution is 0.470. The summed E-state index contributed by atoms with van der Waals surface area (Å²) in [5, 5.41) is 4.64. The van der Waals surface area contributed by atoms with Crippen LogP contribution in [0.15, 0.2) is 36.4 Å². The maximum absolute atomic E-state index is 6.20. The Morgan fingerprint density at radius 2 is 1.78 bits per heavy atom. The number of benzene rings is 2. The van der Waals surface area contributed by atoms with Gasteiger partial charge in [-0.1, -0.05) is 47.5 Å². The quantitative estimate of drug-likeness (QED) is 0.602. The Morgan fingerprint density at radius 1 is 1.00 bits per heavy atom. The van der Waals surface area contributed by atoms with Crippen LogP contribution in [0, 0.1) is 0 Å². The van der Waals surface area contributed by atoms with Gasteiger partial charge in [-0.2, -0.15) is 0 Å². The first-order valence-electron chi connectivity index (χ1n) is 7.45. The minimum atomic E-state index is 0. The van der Waals surface area contributed by atoms with Gasteiger partial charge in [0.05, 0.1) is 10.0 Å². The molecular formula is C18H19Cl4N. The lowest BCUT2D eigenvalue weighted by atomic mass is 9.76. The topological polar surface area (TPSA) is 12.0 Å². The zero-order chi connectivity index (χ0) is 15.7. The molecule has 1 nitrogen and oxygen atoms in total. The fourth-order valence-corrected chi connectivity index (χ4v) is 3.82. The molecule has 0 saturated heterocycles. The third-order valence-electron chi connectivity index (χ3n) is 4.49. The molecule has 124 valence electrons. The van der Waals surface area contributed by atoms with Gasteiger partial charge in [0.2, 0.25) is 0 Å². The van der Waals surface area contributed by atoms with Crippen molar-refractivity contribution in [1.82, 2.24) is 5.32 Å². The van der Waals surface area contributed by atoms with E-state index in [9.17, 15) is 0 Å². The predicted molar refractivity (Wildman–Crippen MR) is 103 cm³/mol. The van der Waals surface area contributed by atoms with Crippen LogP contribution in [0.2, 0.25) is 10.0 Å². The molecule has 5 heteroatoms. The lowest BCUT2D eigenvalue weighted by Crippen LogP contribution is -2.24. The number of alkyl halides is 1. The van der Waals surface area contributed by atoms with Crippen LogP contribution in [0.4, 0.5) is 0 Å². The largest absolute Gasteiger partial charge is 0.313 e. The molecule has 0 bridgehead atoms. The molecule has 0 fully saturated rings. The molecular weight excluding hydrogens is 372 g/mol. The highest BCUT2D eigenvalue weighted by molar-refractivity contribution is 6.42. The molecule has 0 amide bonds. The van der Waals surface area contributed by atoms with Crippen LogP contribution >= 0.6 is 47.2 Å². The van der Waals surface area contributed by atoms with Crippen molar-refractivity contribution in [2.45, 2.75) is 30.7 Å². The predicted octanol–water partition coefficient (Wildman–Crippen LogP) is 6.34. The molecule has 0 saturated carbocycles. The van der Waals surface area contributed by atoms with E-state index in [0.29, 0.717) is 27.9 Å². The van der Waals surface area contributed by atoms with Crippen molar-refractivity contribution in [3.63, 3.8) is 0 Å². The van der Waals surface area contributed by atoms with Gasteiger partial charge in [-0.05, 0) is 54.3 Å². The van der Waals surface area contributed by atoms with Crippen molar-refractivity contribution in [2.24, 2.45) is 0 Å². The molecule has 1 aliphatic rings. The van der Waals surface area contributed by atoms with E-state index in [0.717, 1.165) is 18.4 Å². The molecule has 2 atom stereocenters. The van der Waals surface area contributed by atoms with Crippen LogP contribution in [0.25, 0.3) is 0 Å². The first kappa shape index (κ1) is 18.9. The van der Waals surface area contributed by atoms with Crippen molar-refractivity contribution in [3.05, 3.63) is 68.7 Å². The molecule has 0 radical (unpaired) electrons. The molecule has 2 unspecified atom stereocenters. The summed E-state index contributed by atoms with van der Waals surface area (Å²) in [6.45, 7) is 0. The highest BCUT2D eigenvalue weighted by Crippen LogP contribution is 2.42. The summed E-state index contributed by atoms with van der Waals surface area (Å²) in [6, 6.07) is 12.9. The lowest BCUT2D eigenvalue weighted by Gasteiger charge is -2.32. The van der Waals surface area contributed by atoms with Crippen LogP contribution in [0.5, 0.6) is 0 Å². The van der Waals surface area contributed by atoms with E-state index in [1.54, 1.807) is 0 Å². The average molecular weight is 391 g/mol. The molecule has 0 heterocycles. The molecule has 2 aromatic carbocycles. The highest BCUT2D eigenvalue weighted by atomic mass is 35.5. The van der Waals surface area contributed by atoms with Crippen molar-refractivity contribution < 1.29 is 0 Å². The Bertz CT molecular complexity index is 687. The zero-order valence-electron chi connectivity index (χ0n) is 12.8. The Kier molecular flexibility index (Phi) is 6.65. The van der Waals surface area contributed by atoms with Crippen LogP contribution in [-0.2, 0) is 5.88 Å². The van der Waals surface area contributed by atoms with E-state index in [1.165, 1.54) is 16.7 Å². The van der Waals surface area contributed by atoms with Gasteiger partial charge in [0, 0.05) is 17.8 Å². The van der Waals surface area contributed by atoms with E-state index < -0.39 is 0 Å². The van der Waals surface area contributed by atoms with Crippen LogP contribution in [0.1, 0.15) is 47.1 Å². The van der Waals surface area contributed by atoms with Crippen molar-refractivity contribution >= 4 is 47.2 Å². The monoisotopic (exact) mass is 389 g/mol. The Balaban J connectivity index is 0.00000192. The summed E-state index contributed by atoms with van der Waals surface area (Å²) in [5.41, 5.74) is 5.10. The van der Waals surface area contributed by atoms with Gasteiger partial charge in [0.1, 0.15) is 0 Å². The third-order valence-corrected chi connectivity index (χ3v) is 5.54. The van der Waals surface area contributed by atoms with Gasteiger partial charge >= 0.3 is 0 Å². The number of rotatable bonds is 3. The van der Waals surface area contributed by atoms with Gasteiger partial charge in [0.25, 0.3) is 0 Å². The van der Waals surface area contributed by atoms with E-state index in [1.807, 2.05) is 19.2 Å². The standard InChI is InChI=1S/C18H18Cl3N.ClH/c1-22-18-7-5-13(12-3-6-16(20)17(21)9-12)14-4-2-11(10-19)8-15(14)18;/h2-4,6,8-9,13,18,22H,5,7,10H2,1H3;1H. The Morgan fingerprint density at radius 3 is 2.43 bits per heavy atom. The van der Waals surface area contributed by atoms with Gasteiger partial charge in [0.15, 0.2) is 0 Å². The molecule has 2 aromatic rings. The fraction of sp³-hybridized carbons (Fsp3) is 0.333. The smallest absolute Gasteiger partial charge is 0.0595 e. The van der Waals surface area contributed by atoms with Crippen molar-refractivity contribution in [1.29, 1.82) is 0 Å². The summed E-state index contributed by atoms with van der Waals surface area (Å²) in [4.78, 5) is 0. The van der Waals surface area contributed by atoms with Crippen LogP contribution < -0.4 is 5.32 Å². The normalized spacial score (nSPS) is 19.8. The zero-order valence-corrected chi connectivity index (χ0v) is 15.9. The molecule has 23 heavy (non-hydrogen) atoms. The fourth-order valence-electron chi connectivity index (χ4n) is 3.35. The maximum Gasteiger partial charge on any atom is 0.0595 e. The average Bonchev–Trinajstić information content (AvgIpc) is 2.55. The first-order valence-corrected chi connectivity index (χ1v) is 8.74. The molecule has 0 spiro atoms. The summed E-state index contributed by atoms with van der Waals surface area (Å²) in [6.07, 6.45) is 2.19. The van der Waals surface area contributed by atoms with Gasteiger partial charge < -0.3 is 5.32 Å². The summed E-state index contributed by atoms with van der Waals surface area (Å²) >= 11 is 18.2. The molecule has 0 aliphatic heterocycles. The van der Waals surface area contributed by atoms with Gasteiger partial charge in [-0.25, -0.2) is 0 Å². The van der Waals surface area contributed by atoms with Crippen molar-refractivity contribution in [3.8, 4) is 0 Å². The number of hydrogen-bond acceptors (Lipinski definition) is 1. The second kappa shape index (κ2) is 8.09. The van der Waals surface area contributed by atoms with E-state index in [4.69, 9.17) is 34.8 Å². The molecule has 1 aliphatic carbocycles. The SMILES string of the molecule is CNC1CCC(c2ccc(Cl)c(Cl)c2)c2ccc(CCl)cc21.Cl. The van der Waals surface area contributed by atoms with Gasteiger partial charge in [-0.15, -0.1) is 24.0 Å². The van der Waals surface area contributed by atoms with Gasteiger partial charge in [-0.3, -0.25) is 0 Å². The molecule has 1 N–H and O–H groups in total. The highest BCUT2D eigenvalue weighted by Gasteiger charge is 2.27. The summed E-state index contributed by atoms with van der Waals surface area (Å²) in [5.74, 6) is 0.903. The molecule has 3 rings (SSSR count). The number of hydrogen-bond donors (Lipinski definition) is 1. The van der Waals surface area contributed by atoms with Crippen LogP contribution in [-0.4, -0.2) is 7.05 Å². The number of fused-ring (bicyclic) bond motifs is 1. The first-order chi connectivity index (χ1) is 10.6. The minimum Gasteiger partial charge on any atom is -0.313 e. The van der Waals surface area contributed by atoms with E-state index >= 15 is 0 Å². The third kappa shape index (κ3) is 3.81. The number of halogens is 4. The Hall–Kier alpha value is -0.440.